The minimum Gasteiger partial charge on any atom is -0.328 e. The second-order valence-corrected chi connectivity index (χ2v) is 7.30. The molecule has 0 rings (SSSR count). The summed E-state index contributed by atoms with van der Waals surface area (Å²) in [5.41, 5.74) is 12.4. The van der Waals surface area contributed by atoms with E-state index in [2.05, 4.69) is 24.5 Å². The van der Waals surface area contributed by atoms with Crippen molar-refractivity contribution in [1.29, 1.82) is 0 Å². The zero-order chi connectivity index (χ0) is 17.9. The van der Waals surface area contributed by atoms with E-state index in [9.17, 15) is 0 Å². The maximum atomic E-state index is 6.19. The van der Waals surface area contributed by atoms with Gasteiger partial charge in [0.2, 0.25) is 0 Å². The van der Waals surface area contributed by atoms with Gasteiger partial charge in [0.05, 0.1) is 0 Å². The van der Waals surface area contributed by atoms with Crippen molar-refractivity contribution in [3.05, 3.63) is 0 Å². The molecule has 0 aliphatic rings. The Morgan fingerprint density at radius 3 is 1.29 bits per heavy atom. The van der Waals surface area contributed by atoms with Crippen LogP contribution in [0, 0.1) is 0 Å². The van der Waals surface area contributed by atoms with Crippen molar-refractivity contribution in [2.45, 2.75) is 103 Å². The molecule has 0 fully saturated rings. The first-order chi connectivity index (χ1) is 11.7. The van der Waals surface area contributed by atoms with Crippen LogP contribution in [-0.4, -0.2) is 38.3 Å². The van der Waals surface area contributed by atoms with Gasteiger partial charge in [0.25, 0.3) is 0 Å². The molecule has 0 spiro atoms. The summed E-state index contributed by atoms with van der Waals surface area (Å²) in [7, 11) is 0. The summed E-state index contributed by atoms with van der Waals surface area (Å²) in [4.78, 5) is 0. The van der Waals surface area contributed by atoms with Crippen molar-refractivity contribution in [2.24, 2.45) is 11.5 Å². The smallest absolute Gasteiger partial charge is 0.00393 e. The molecule has 0 radical (unpaired) electrons. The van der Waals surface area contributed by atoms with Crippen LogP contribution in [0.3, 0.4) is 0 Å². The molecule has 0 amide bonds. The minimum atomic E-state index is 0.395. The second kappa shape index (κ2) is 19.2. The van der Waals surface area contributed by atoms with Crippen LogP contribution in [0.4, 0.5) is 0 Å². The van der Waals surface area contributed by atoms with Gasteiger partial charge in [-0.3, -0.25) is 0 Å². The van der Waals surface area contributed by atoms with Crippen LogP contribution in [-0.2, 0) is 0 Å². The lowest BCUT2D eigenvalue weighted by Crippen LogP contribution is -2.23. The highest BCUT2D eigenvalue weighted by atomic mass is 14.8. The summed E-state index contributed by atoms with van der Waals surface area (Å²) in [5.74, 6) is 0. The topological polar surface area (TPSA) is 76.1 Å². The molecule has 0 aromatic rings. The molecule has 0 bridgehead atoms. The number of hydrogen-bond acceptors (Lipinski definition) is 4. The minimum absolute atomic E-state index is 0.395. The van der Waals surface area contributed by atoms with Gasteiger partial charge < -0.3 is 22.1 Å². The Bertz CT molecular complexity index is 212. The third-order valence-corrected chi connectivity index (χ3v) is 4.61. The number of hydrogen-bond donors (Lipinski definition) is 4. The van der Waals surface area contributed by atoms with Gasteiger partial charge in [0, 0.05) is 12.1 Å². The van der Waals surface area contributed by atoms with Gasteiger partial charge in [0.1, 0.15) is 0 Å². The van der Waals surface area contributed by atoms with Gasteiger partial charge in [-0.1, -0.05) is 39.5 Å². The van der Waals surface area contributed by atoms with Crippen molar-refractivity contribution >= 4 is 0 Å². The maximum Gasteiger partial charge on any atom is 0.00393 e. The highest BCUT2D eigenvalue weighted by molar-refractivity contribution is 4.65. The molecule has 24 heavy (non-hydrogen) atoms. The van der Waals surface area contributed by atoms with E-state index in [1.54, 1.807) is 0 Å². The van der Waals surface area contributed by atoms with Gasteiger partial charge in [-0.15, -0.1) is 0 Å². The Hall–Kier alpha value is -0.160. The first kappa shape index (κ1) is 23.8. The Labute approximate surface area is 151 Å². The average Bonchev–Trinajstić information content (AvgIpc) is 2.57. The molecule has 0 aliphatic carbocycles. The third kappa shape index (κ3) is 18.2. The molecule has 2 unspecified atom stereocenters. The fraction of sp³-hybridized carbons (Fsp3) is 1.00. The first-order valence-electron chi connectivity index (χ1n) is 10.6. The van der Waals surface area contributed by atoms with Crippen LogP contribution in [0.5, 0.6) is 0 Å². The van der Waals surface area contributed by atoms with Crippen LogP contribution in [0.25, 0.3) is 0 Å². The molecule has 146 valence electrons. The fourth-order valence-electron chi connectivity index (χ4n) is 3.04. The molecule has 4 heteroatoms. The van der Waals surface area contributed by atoms with Crippen LogP contribution >= 0.6 is 0 Å². The zero-order valence-electron chi connectivity index (χ0n) is 16.6. The van der Waals surface area contributed by atoms with Gasteiger partial charge in [-0.25, -0.2) is 0 Å². The summed E-state index contributed by atoms with van der Waals surface area (Å²) >= 11 is 0. The Morgan fingerprint density at radius 1 is 0.542 bits per heavy atom. The van der Waals surface area contributed by atoms with Crippen LogP contribution < -0.4 is 22.1 Å². The van der Waals surface area contributed by atoms with Gasteiger partial charge in [-0.2, -0.15) is 0 Å². The highest BCUT2D eigenvalue weighted by Crippen LogP contribution is 2.11. The van der Waals surface area contributed by atoms with E-state index in [0.717, 1.165) is 39.0 Å². The van der Waals surface area contributed by atoms with E-state index in [0.29, 0.717) is 12.1 Å². The summed E-state index contributed by atoms with van der Waals surface area (Å²) in [6.07, 6.45) is 14.7. The summed E-state index contributed by atoms with van der Waals surface area (Å²) in [5, 5.41) is 6.88. The Balaban J connectivity index is 3.25. The number of rotatable bonds is 19. The van der Waals surface area contributed by atoms with Crippen molar-refractivity contribution in [3.63, 3.8) is 0 Å². The quantitative estimate of drug-likeness (QED) is 0.271. The fourth-order valence-corrected chi connectivity index (χ4v) is 3.04. The summed E-state index contributed by atoms with van der Waals surface area (Å²) in [6.45, 7) is 8.91. The van der Waals surface area contributed by atoms with Gasteiger partial charge >= 0.3 is 0 Å². The van der Waals surface area contributed by atoms with E-state index in [1.165, 1.54) is 64.2 Å². The average molecular weight is 343 g/mol. The van der Waals surface area contributed by atoms with Gasteiger partial charge in [0.15, 0.2) is 0 Å². The number of unbranched alkanes of at least 4 members (excludes halogenated alkanes) is 3. The lowest BCUT2D eigenvalue weighted by atomic mass is 10.0. The largest absolute Gasteiger partial charge is 0.328 e. The van der Waals surface area contributed by atoms with Crippen LogP contribution in [0.2, 0.25) is 0 Å². The van der Waals surface area contributed by atoms with Crippen molar-refractivity contribution in [3.8, 4) is 0 Å². The standard InChI is InChI=1S/C20H46N4/c1-3-15-23-17-9-13-19(21)11-7-5-6-8-12-20(22)14-10-18-24-16-4-2/h19-20,23-24H,3-18,21-22H2,1-2H3. The molecule has 0 saturated carbocycles. The predicted octanol–water partition coefficient (Wildman–Crippen LogP) is 3.54. The van der Waals surface area contributed by atoms with Gasteiger partial charge in [-0.05, 0) is 77.5 Å². The maximum absolute atomic E-state index is 6.19. The van der Waals surface area contributed by atoms with E-state index in [-0.39, 0.29) is 0 Å². The predicted molar refractivity (Wildman–Crippen MR) is 108 cm³/mol. The van der Waals surface area contributed by atoms with E-state index < -0.39 is 0 Å². The molecule has 0 aromatic heterocycles. The second-order valence-electron chi connectivity index (χ2n) is 7.30. The summed E-state index contributed by atoms with van der Waals surface area (Å²) < 4.78 is 0. The van der Waals surface area contributed by atoms with E-state index >= 15 is 0 Å². The molecule has 6 N–H and O–H groups in total. The Kier molecular flexibility index (Phi) is 19.0. The zero-order valence-corrected chi connectivity index (χ0v) is 16.6. The normalized spacial score (nSPS) is 14.0. The third-order valence-electron chi connectivity index (χ3n) is 4.61. The van der Waals surface area contributed by atoms with Crippen molar-refractivity contribution in [2.75, 3.05) is 26.2 Å². The molecular weight excluding hydrogens is 296 g/mol. The Morgan fingerprint density at radius 2 is 0.917 bits per heavy atom. The van der Waals surface area contributed by atoms with Crippen LogP contribution in [0.15, 0.2) is 0 Å². The van der Waals surface area contributed by atoms with Crippen molar-refractivity contribution in [1.82, 2.24) is 10.6 Å². The first-order valence-corrected chi connectivity index (χ1v) is 10.6. The van der Waals surface area contributed by atoms with Crippen LogP contribution in [0.1, 0.15) is 90.9 Å². The lowest BCUT2D eigenvalue weighted by Gasteiger charge is -2.13. The summed E-state index contributed by atoms with van der Waals surface area (Å²) in [6, 6.07) is 0.789. The monoisotopic (exact) mass is 342 g/mol. The lowest BCUT2D eigenvalue weighted by molar-refractivity contribution is 0.471. The SMILES string of the molecule is CCCNCCCC(N)CCCCCCC(N)CCCNCCC. The molecule has 0 aromatic carbocycles. The molecule has 0 aliphatic heterocycles. The van der Waals surface area contributed by atoms with E-state index in [1.807, 2.05) is 0 Å². The highest BCUT2D eigenvalue weighted by Gasteiger charge is 2.04. The van der Waals surface area contributed by atoms with Crippen molar-refractivity contribution < 1.29 is 0 Å². The number of nitrogens with one attached hydrogen (secondary N) is 2. The molecule has 4 nitrogen and oxygen atoms in total. The molecule has 0 heterocycles. The number of nitrogens with two attached hydrogens (primary N) is 2. The molecule has 2 atom stereocenters. The van der Waals surface area contributed by atoms with E-state index in [4.69, 9.17) is 11.5 Å². The molecular formula is C20H46N4. The molecule has 0 saturated heterocycles.